The van der Waals surface area contributed by atoms with Crippen LogP contribution in [0.25, 0.3) is 0 Å². The monoisotopic (exact) mass is 294 g/mol. The maximum absolute atomic E-state index is 12.6. The van der Waals surface area contributed by atoms with Gasteiger partial charge >= 0.3 is 6.18 Å². The van der Waals surface area contributed by atoms with E-state index in [1.54, 1.807) is 0 Å². The van der Waals surface area contributed by atoms with Gasteiger partial charge in [-0.05, 0) is 17.7 Å². The molecule has 0 saturated carbocycles. The molecule has 1 N–H and O–H groups in total. The van der Waals surface area contributed by atoms with E-state index in [0.717, 1.165) is 11.6 Å². The molecule has 0 radical (unpaired) electrons. The summed E-state index contributed by atoms with van der Waals surface area (Å²) in [5.74, 6) is 0.230. The van der Waals surface area contributed by atoms with Gasteiger partial charge in [0.1, 0.15) is 11.5 Å². The molecule has 0 atom stereocenters. The number of hydrogen-bond acceptors (Lipinski definition) is 2. The van der Waals surface area contributed by atoms with E-state index in [2.05, 4.69) is 10.3 Å². The van der Waals surface area contributed by atoms with Crippen LogP contribution in [0.15, 0.2) is 48.5 Å². The Bertz CT molecular complexity index is 592. The molecule has 0 aliphatic rings. The van der Waals surface area contributed by atoms with Crippen molar-refractivity contribution >= 4 is 5.82 Å². The quantitative estimate of drug-likeness (QED) is 0.898. The molecule has 0 saturated heterocycles. The lowest BCUT2D eigenvalue weighted by Gasteiger charge is -2.26. The summed E-state index contributed by atoms with van der Waals surface area (Å²) in [4.78, 5) is 3.60. The Balaban J connectivity index is 2.10. The topological polar surface area (TPSA) is 24.9 Å². The average Bonchev–Trinajstić information content (AvgIpc) is 2.46. The molecule has 1 aromatic heterocycles. The van der Waals surface area contributed by atoms with Gasteiger partial charge in [0.25, 0.3) is 0 Å². The maximum atomic E-state index is 12.6. The van der Waals surface area contributed by atoms with Crippen molar-refractivity contribution in [3.8, 4) is 0 Å². The summed E-state index contributed by atoms with van der Waals surface area (Å²) < 4.78 is 37.9. The second-order valence-corrected chi connectivity index (χ2v) is 5.51. The van der Waals surface area contributed by atoms with E-state index in [1.165, 1.54) is 12.1 Å². The minimum Gasteiger partial charge on any atom is -0.369 e. The SMILES string of the molecule is CC(C)(CNc1cccc(C(F)(F)F)n1)c1ccccc1. The van der Waals surface area contributed by atoms with Crippen molar-refractivity contribution in [3.05, 3.63) is 59.8 Å². The molecule has 0 spiro atoms. The number of hydrogen-bond donors (Lipinski definition) is 1. The predicted octanol–water partition coefficient (Wildman–Crippen LogP) is 4.49. The lowest BCUT2D eigenvalue weighted by molar-refractivity contribution is -0.141. The first-order valence-electron chi connectivity index (χ1n) is 6.63. The van der Waals surface area contributed by atoms with E-state index in [0.29, 0.717) is 6.54 Å². The zero-order chi connectivity index (χ0) is 15.5. The van der Waals surface area contributed by atoms with Crippen LogP contribution in [0.1, 0.15) is 25.1 Å². The van der Waals surface area contributed by atoms with Gasteiger partial charge in [-0.1, -0.05) is 50.2 Å². The number of nitrogens with one attached hydrogen (secondary N) is 1. The van der Waals surface area contributed by atoms with Crippen LogP contribution >= 0.6 is 0 Å². The first kappa shape index (κ1) is 15.4. The molecular formula is C16H17F3N2. The highest BCUT2D eigenvalue weighted by Crippen LogP contribution is 2.28. The summed E-state index contributed by atoms with van der Waals surface area (Å²) >= 11 is 0. The normalized spacial score (nSPS) is 12.2. The second-order valence-electron chi connectivity index (χ2n) is 5.51. The Morgan fingerprint density at radius 2 is 1.62 bits per heavy atom. The number of halogens is 3. The smallest absolute Gasteiger partial charge is 0.369 e. The van der Waals surface area contributed by atoms with Crippen LogP contribution in [0.2, 0.25) is 0 Å². The number of alkyl halides is 3. The van der Waals surface area contributed by atoms with Gasteiger partial charge in [-0.15, -0.1) is 0 Å². The van der Waals surface area contributed by atoms with E-state index in [1.807, 2.05) is 44.2 Å². The number of nitrogens with zero attached hydrogens (tertiary/aromatic N) is 1. The van der Waals surface area contributed by atoms with Crippen LogP contribution in [-0.2, 0) is 11.6 Å². The molecular weight excluding hydrogens is 277 g/mol. The summed E-state index contributed by atoms with van der Waals surface area (Å²) in [6.45, 7) is 4.55. The van der Waals surface area contributed by atoms with Crippen LogP contribution < -0.4 is 5.32 Å². The van der Waals surface area contributed by atoms with Crippen LogP contribution in [-0.4, -0.2) is 11.5 Å². The number of pyridine rings is 1. The van der Waals surface area contributed by atoms with E-state index >= 15 is 0 Å². The minimum absolute atomic E-state index is 0.211. The Morgan fingerprint density at radius 3 is 2.24 bits per heavy atom. The van der Waals surface area contributed by atoms with Crippen molar-refractivity contribution in [2.45, 2.75) is 25.4 Å². The van der Waals surface area contributed by atoms with Gasteiger partial charge in [-0.25, -0.2) is 4.98 Å². The molecule has 0 unspecified atom stereocenters. The first-order valence-corrected chi connectivity index (χ1v) is 6.63. The molecule has 1 heterocycles. The largest absolute Gasteiger partial charge is 0.433 e. The number of benzene rings is 1. The van der Waals surface area contributed by atoms with Gasteiger partial charge in [0.15, 0.2) is 0 Å². The molecule has 2 rings (SSSR count). The minimum atomic E-state index is -4.42. The van der Waals surface area contributed by atoms with Gasteiger partial charge in [-0.3, -0.25) is 0 Å². The Morgan fingerprint density at radius 1 is 0.952 bits per heavy atom. The highest BCUT2D eigenvalue weighted by molar-refractivity contribution is 5.38. The summed E-state index contributed by atoms with van der Waals surface area (Å²) in [6, 6.07) is 13.7. The van der Waals surface area contributed by atoms with E-state index in [9.17, 15) is 13.2 Å². The summed E-state index contributed by atoms with van der Waals surface area (Å²) in [5, 5.41) is 2.98. The summed E-state index contributed by atoms with van der Waals surface area (Å²) in [7, 11) is 0. The maximum Gasteiger partial charge on any atom is 0.433 e. The van der Waals surface area contributed by atoms with Gasteiger partial charge < -0.3 is 5.32 Å². The lowest BCUT2D eigenvalue weighted by Crippen LogP contribution is -2.28. The fraction of sp³-hybridized carbons (Fsp3) is 0.312. The van der Waals surface area contributed by atoms with Crippen LogP contribution in [0.4, 0.5) is 19.0 Å². The Kier molecular flexibility index (Phi) is 4.21. The van der Waals surface area contributed by atoms with E-state index < -0.39 is 11.9 Å². The zero-order valence-corrected chi connectivity index (χ0v) is 11.9. The highest BCUT2D eigenvalue weighted by Gasteiger charge is 2.32. The molecule has 112 valence electrons. The molecule has 0 fully saturated rings. The fourth-order valence-electron chi connectivity index (χ4n) is 1.99. The van der Waals surface area contributed by atoms with Gasteiger partial charge in [-0.2, -0.15) is 13.2 Å². The standard InChI is InChI=1S/C16H17F3N2/c1-15(2,12-7-4-3-5-8-12)11-20-14-10-6-9-13(21-14)16(17,18)19/h3-10H,11H2,1-2H3,(H,20,21). The molecule has 21 heavy (non-hydrogen) atoms. The summed E-state index contributed by atoms with van der Waals surface area (Å²) in [5.41, 5.74) is 0.0199. The third kappa shape index (κ3) is 3.97. The van der Waals surface area contributed by atoms with Crippen LogP contribution in [0.3, 0.4) is 0 Å². The van der Waals surface area contributed by atoms with Crippen molar-refractivity contribution in [2.24, 2.45) is 0 Å². The van der Waals surface area contributed by atoms with E-state index in [4.69, 9.17) is 0 Å². The second kappa shape index (κ2) is 5.76. The molecule has 0 aliphatic heterocycles. The molecule has 1 aromatic carbocycles. The van der Waals surface area contributed by atoms with Crippen molar-refractivity contribution in [3.63, 3.8) is 0 Å². The van der Waals surface area contributed by atoms with Crippen molar-refractivity contribution < 1.29 is 13.2 Å². The third-order valence-corrected chi connectivity index (χ3v) is 3.31. The fourth-order valence-corrected chi connectivity index (χ4v) is 1.99. The molecule has 0 amide bonds. The van der Waals surface area contributed by atoms with Gasteiger partial charge in [0.05, 0.1) is 0 Å². The van der Waals surface area contributed by atoms with Crippen molar-refractivity contribution in [1.29, 1.82) is 0 Å². The zero-order valence-electron chi connectivity index (χ0n) is 11.9. The average molecular weight is 294 g/mol. The molecule has 2 aromatic rings. The Hall–Kier alpha value is -2.04. The number of anilines is 1. The first-order chi connectivity index (χ1) is 9.79. The molecule has 5 heteroatoms. The Labute approximate surface area is 122 Å². The lowest BCUT2D eigenvalue weighted by atomic mass is 9.84. The third-order valence-electron chi connectivity index (χ3n) is 3.31. The molecule has 0 aliphatic carbocycles. The predicted molar refractivity (Wildman–Crippen MR) is 77.2 cm³/mol. The van der Waals surface area contributed by atoms with Crippen LogP contribution in [0.5, 0.6) is 0 Å². The van der Waals surface area contributed by atoms with Gasteiger partial charge in [0.2, 0.25) is 0 Å². The summed E-state index contributed by atoms with van der Waals surface area (Å²) in [6.07, 6.45) is -4.42. The van der Waals surface area contributed by atoms with Crippen molar-refractivity contribution in [2.75, 3.05) is 11.9 Å². The van der Waals surface area contributed by atoms with Crippen molar-refractivity contribution in [1.82, 2.24) is 4.98 Å². The van der Waals surface area contributed by atoms with E-state index in [-0.39, 0.29) is 11.2 Å². The number of aromatic nitrogens is 1. The molecule has 2 nitrogen and oxygen atoms in total. The molecule has 0 bridgehead atoms. The number of rotatable bonds is 4. The van der Waals surface area contributed by atoms with Crippen LogP contribution in [0, 0.1) is 0 Å². The highest BCUT2D eigenvalue weighted by atomic mass is 19.4. The van der Waals surface area contributed by atoms with Gasteiger partial charge in [0, 0.05) is 12.0 Å².